The molecular formula is C17H24BrNO. The van der Waals surface area contributed by atoms with Crippen molar-refractivity contribution in [3.8, 4) is 0 Å². The number of halogens is 1. The molecular weight excluding hydrogens is 314 g/mol. The van der Waals surface area contributed by atoms with Crippen molar-refractivity contribution in [2.45, 2.75) is 62.7 Å². The number of hydrogen-bond donors (Lipinski definition) is 1. The Morgan fingerprint density at radius 2 is 1.65 bits per heavy atom. The number of alkyl halides is 1. The Morgan fingerprint density at radius 3 is 2.15 bits per heavy atom. The summed E-state index contributed by atoms with van der Waals surface area (Å²) in [6, 6.07) is 8.32. The van der Waals surface area contributed by atoms with Gasteiger partial charge in [-0.3, -0.25) is 4.79 Å². The first-order chi connectivity index (χ1) is 9.36. The van der Waals surface area contributed by atoms with Gasteiger partial charge in [-0.1, -0.05) is 48.8 Å². The maximum Gasteiger partial charge on any atom is 0.251 e. The van der Waals surface area contributed by atoms with Gasteiger partial charge in [0.15, 0.2) is 0 Å². The second-order valence-corrected chi connectivity index (χ2v) is 8.04. The predicted molar refractivity (Wildman–Crippen MR) is 87.6 cm³/mol. The van der Waals surface area contributed by atoms with Gasteiger partial charge in [-0.05, 0) is 48.8 Å². The normalized spacial score (nSPS) is 23.4. The molecule has 1 saturated carbocycles. The first-order valence-electron chi connectivity index (χ1n) is 7.42. The minimum atomic E-state index is 0.0588. The molecule has 1 aromatic rings. The van der Waals surface area contributed by atoms with Crippen LogP contribution in [0, 0.1) is 0 Å². The van der Waals surface area contributed by atoms with Crippen LogP contribution >= 0.6 is 15.9 Å². The number of rotatable bonds is 2. The molecule has 1 aliphatic carbocycles. The second kappa shape index (κ2) is 6.30. The largest absolute Gasteiger partial charge is 0.349 e. The molecule has 0 radical (unpaired) electrons. The van der Waals surface area contributed by atoms with E-state index in [0.29, 0.717) is 10.9 Å². The van der Waals surface area contributed by atoms with Gasteiger partial charge in [0.1, 0.15) is 0 Å². The highest BCUT2D eigenvalue weighted by atomic mass is 79.9. The van der Waals surface area contributed by atoms with Crippen LogP contribution in [0.4, 0.5) is 0 Å². The van der Waals surface area contributed by atoms with E-state index in [4.69, 9.17) is 0 Å². The molecule has 0 atom stereocenters. The first-order valence-corrected chi connectivity index (χ1v) is 8.33. The van der Waals surface area contributed by atoms with Gasteiger partial charge in [0.2, 0.25) is 0 Å². The summed E-state index contributed by atoms with van der Waals surface area (Å²) in [5, 5.41) is 3.15. The van der Waals surface area contributed by atoms with E-state index in [1.165, 1.54) is 5.56 Å². The average molecular weight is 338 g/mol. The van der Waals surface area contributed by atoms with Crippen LogP contribution in [0.2, 0.25) is 0 Å². The maximum atomic E-state index is 12.2. The van der Waals surface area contributed by atoms with Gasteiger partial charge < -0.3 is 5.32 Å². The van der Waals surface area contributed by atoms with E-state index in [-0.39, 0.29) is 11.3 Å². The number of carbonyl (C=O) groups excluding carboxylic acids is 1. The van der Waals surface area contributed by atoms with Crippen molar-refractivity contribution in [1.82, 2.24) is 5.32 Å². The van der Waals surface area contributed by atoms with E-state index in [2.05, 4.69) is 54.2 Å². The zero-order chi connectivity index (χ0) is 14.8. The monoisotopic (exact) mass is 337 g/mol. The van der Waals surface area contributed by atoms with E-state index in [0.717, 1.165) is 31.2 Å². The van der Waals surface area contributed by atoms with Crippen molar-refractivity contribution >= 4 is 21.8 Å². The highest BCUT2D eigenvalue weighted by Crippen LogP contribution is 2.25. The molecule has 0 unspecified atom stereocenters. The minimum Gasteiger partial charge on any atom is -0.349 e. The van der Waals surface area contributed by atoms with Crippen LogP contribution in [0.25, 0.3) is 0 Å². The van der Waals surface area contributed by atoms with Crippen LogP contribution in [0.15, 0.2) is 24.3 Å². The molecule has 2 nitrogen and oxygen atoms in total. The number of hydrogen-bond acceptors (Lipinski definition) is 1. The Morgan fingerprint density at radius 1 is 1.10 bits per heavy atom. The molecule has 1 N–H and O–H groups in total. The lowest BCUT2D eigenvalue weighted by Crippen LogP contribution is -2.37. The summed E-state index contributed by atoms with van der Waals surface area (Å²) in [6.45, 7) is 6.54. The predicted octanol–water partition coefficient (Wildman–Crippen LogP) is 4.42. The van der Waals surface area contributed by atoms with E-state index in [1.54, 1.807) is 0 Å². The lowest BCUT2D eigenvalue weighted by molar-refractivity contribution is 0.0928. The van der Waals surface area contributed by atoms with Crippen LogP contribution in [0.5, 0.6) is 0 Å². The number of benzene rings is 1. The summed E-state index contributed by atoms with van der Waals surface area (Å²) >= 11 is 3.64. The Hall–Kier alpha value is -0.830. The summed E-state index contributed by atoms with van der Waals surface area (Å²) in [7, 11) is 0. The molecule has 110 valence electrons. The number of carbonyl (C=O) groups is 1. The van der Waals surface area contributed by atoms with Crippen LogP contribution in [-0.2, 0) is 5.41 Å². The third-order valence-electron chi connectivity index (χ3n) is 4.01. The van der Waals surface area contributed by atoms with Gasteiger partial charge in [0, 0.05) is 16.4 Å². The second-order valence-electron chi connectivity index (χ2n) is 6.75. The third-order valence-corrected chi connectivity index (χ3v) is 4.92. The van der Waals surface area contributed by atoms with Crippen molar-refractivity contribution in [2.24, 2.45) is 0 Å². The first kappa shape index (κ1) is 15.6. The standard InChI is InChI=1S/C17H24BrNO/c1-17(2,3)13-6-4-12(5-7-13)16(20)19-15-10-8-14(18)9-11-15/h4-7,14-15H,8-11H2,1-3H3,(H,19,20). The van der Waals surface area contributed by atoms with E-state index in [9.17, 15) is 4.79 Å². The Labute approximate surface area is 130 Å². The zero-order valence-electron chi connectivity index (χ0n) is 12.6. The van der Waals surface area contributed by atoms with Crippen molar-refractivity contribution in [1.29, 1.82) is 0 Å². The fraction of sp³-hybridized carbons (Fsp3) is 0.588. The van der Waals surface area contributed by atoms with Crippen LogP contribution in [-0.4, -0.2) is 16.8 Å². The van der Waals surface area contributed by atoms with Gasteiger partial charge in [-0.2, -0.15) is 0 Å². The molecule has 0 bridgehead atoms. The fourth-order valence-electron chi connectivity index (χ4n) is 2.59. The molecule has 0 saturated heterocycles. The van der Waals surface area contributed by atoms with Gasteiger partial charge >= 0.3 is 0 Å². The summed E-state index contributed by atoms with van der Waals surface area (Å²) in [4.78, 5) is 12.9. The lowest BCUT2D eigenvalue weighted by atomic mass is 9.86. The molecule has 0 aliphatic heterocycles. The zero-order valence-corrected chi connectivity index (χ0v) is 14.2. The van der Waals surface area contributed by atoms with Crippen molar-refractivity contribution in [2.75, 3.05) is 0 Å². The lowest BCUT2D eigenvalue weighted by Gasteiger charge is -2.26. The van der Waals surface area contributed by atoms with Gasteiger partial charge in [0.25, 0.3) is 5.91 Å². The van der Waals surface area contributed by atoms with Crippen molar-refractivity contribution < 1.29 is 4.79 Å². The van der Waals surface area contributed by atoms with Gasteiger partial charge in [0.05, 0.1) is 0 Å². The van der Waals surface area contributed by atoms with Crippen molar-refractivity contribution in [3.63, 3.8) is 0 Å². The molecule has 0 spiro atoms. The molecule has 0 heterocycles. The highest BCUT2D eigenvalue weighted by molar-refractivity contribution is 9.09. The topological polar surface area (TPSA) is 29.1 Å². The smallest absolute Gasteiger partial charge is 0.251 e. The fourth-order valence-corrected chi connectivity index (χ4v) is 3.12. The molecule has 3 heteroatoms. The molecule has 1 aromatic carbocycles. The Balaban J connectivity index is 1.96. The third kappa shape index (κ3) is 4.08. The van der Waals surface area contributed by atoms with Gasteiger partial charge in [-0.15, -0.1) is 0 Å². The van der Waals surface area contributed by atoms with E-state index in [1.807, 2.05) is 12.1 Å². The summed E-state index contributed by atoms with van der Waals surface area (Å²) < 4.78 is 0. The average Bonchev–Trinajstić information content (AvgIpc) is 2.40. The van der Waals surface area contributed by atoms with Crippen LogP contribution < -0.4 is 5.32 Å². The minimum absolute atomic E-state index is 0.0588. The summed E-state index contributed by atoms with van der Waals surface area (Å²) in [5.74, 6) is 0.0588. The van der Waals surface area contributed by atoms with E-state index >= 15 is 0 Å². The highest BCUT2D eigenvalue weighted by Gasteiger charge is 2.21. The Kier molecular flexibility index (Phi) is 4.90. The molecule has 1 amide bonds. The van der Waals surface area contributed by atoms with Crippen LogP contribution in [0.3, 0.4) is 0 Å². The summed E-state index contributed by atoms with van der Waals surface area (Å²) in [6.07, 6.45) is 4.44. The quantitative estimate of drug-likeness (QED) is 0.795. The summed E-state index contributed by atoms with van der Waals surface area (Å²) in [5.41, 5.74) is 2.15. The number of amides is 1. The van der Waals surface area contributed by atoms with E-state index < -0.39 is 0 Å². The van der Waals surface area contributed by atoms with Crippen LogP contribution in [0.1, 0.15) is 62.4 Å². The number of nitrogens with one attached hydrogen (secondary N) is 1. The molecule has 1 aliphatic rings. The molecule has 2 rings (SSSR count). The maximum absolute atomic E-state index is 12.2. The van der Waals surface area contributed by atoms with Gasteiger partial charge in [-0.25, -0.2) is 0 Å². The molecule has 0 aromatic heterocycles. The molecule has 1 fully saturated rings. The Bertz CT molecular complexity index is 453. The van der Waals surface area contributed by atoms with Crippen molar-refractivity contribution in [3.05, 3.63) is 35.4 Å². The molecule has 20 heavy (non-hydrogen) atoms. The SMILES string of the molecule is CC(C)(C)c1ccc(C(=O)NC2CCC(Br)CC2)cc1.